The molecule has 0 aliphatic rings. The van der Waals surface area contributed by atoms with E-state index >= 15 is 0 Å². The van der Waals surface area contributed by atoms with E-state index in [1.807, 2.05) is 30.5 Å². The number of thioether (sulfide) groups is 1. The van der Waals surface area contributed by atoms with E-state index in [1.54, 1.807) is 6.20 Å². The number of carbonyl (C=O) groups is 5. The van der Waals surface area contributed by atoms with Crippen LogP contribution >= 0.6 is 11.8 Å². The number of amides is 4. The van der Waals surface area contributed by atoms with E-state index in [-0.39, 0.29) is 19.3 Å². The van der Waals surface area contributed by atoms with E-state index in [2.05, 4.69) is 30.9 Å². The number of fused-ring (bicyclic) bond motifs is 1. The van der Waals surface area contributed by atoms with Gasteiger partial charge < -0.3 is 42.5 Å². The maximum atomic E-state index is 13.6. The number of aromatic amines is 2. The van der Waals surface area contributed by atoms with Crippen LogP contribution < -0.4 is 27.4 Å². The van der Waals surface area contributed by atoms with Crippen molar-refractivity contribution < 1.29 is 29.1 Å². The molecule has 0 fully saturated rings. The number of nitrogens with two attached hydrogens (primary N) is 2. The van der Waals surface area contributed by atoms with Crippen LogP contribution in [0.2, 0.25) is 0 Å². The van der Waals surface area contributed by atoms with Crippen LogP contribution in [0.5, 0.6) is 0 Å². The second kappa shape index (κ2) is 14.9. The molecule has 0 spiro atoms. The third-order valence-corrected chi connectivity index (χ3v) is 6.97. The summed E-state index contributed by atoms with van der Waals surface area (Å²) in [5.74, 6) is -3.70. The van der Waals surface area contributed by atoms with Crippen LogP contribution in [0.15, 0.2) is 43.0 Å². The summed E-state index contributed by atoms with van der Waals surface area (Å²) in [6, 6.07) is 2.52. The molecule has 4 atom stereocenters. The summed E-state index contributed by atoms with van der Waals surface area (Å²) in [6.07, 6.45) is 6.16. The van der Waals surface area contributed by atoms with Crippen molar-refractivity contribution in [3.8, 4) is 0 Å². The molecular formula is C26H34N8O6S. The molecule has 0 bridgehead atoms. The number of imidazole rings is 1. The van der Waals surface area contributed by atoms with Crippen molar-refractivity contribution in [3.63, 3.8) is 0 Å². The van der Waals surface area contributed by atoms with Crippen LogP contribution in [0.25, 0.3) is 10.9 Å². The number of nitrogens with zero attached hydrogens (tertiary/aromatic N) is 1. The lowest BCUT2D eigenvalue weighted by Gasteiger charge is -2.25. The molecule has 4 unspecified atom stereocenters. The fraction of sp³-hybridized carbons (Fsp3) is 0.385. The van der Waals surface area contributed by atoms with E-state index in [0.717, 1.165) is 10.9 Å². The fourth-order valence-corrected chi connectivity index (χ4v) is 4.65. The largest absolute Gasteiger partial charge is 0.480 e. The van der Waals surface area contributed by atoms with Crippen LogP contribution in [0.1, 0.15) is 24.1 Å². The molecule has 220 valence electrons. The summed E-state index contributed by atoms with van der Waals surface area (Å²) < 4.78 is 0. The predicted molar refractivity (Wildman–Crippen MR) is 153 cm³/mol. The van der Waals surface area contributed by atoms with Gasteiger partial charge in [-0.05, 0) is 30.1 Å². The molecule has 0 saturated heterocycles. The Balaban J connectivity index is 1.86. The molecule has 0 aliphatic carbocycles. The number of carboxylic acid groups (broad SMARTS) is 1. The van der Waals surface area contributed by atoms with Crippen LogP contribution in [0.4, 0.5) is 0 Å². The van der Waals surface area contributed by atoms with E-state index in [1.165, 1.54) is 24.3 Å². The Bertz CT molecular complexity index is 1360. The van der Waals surface area contributed by atoms with Crippen LogP contribution in [0, 0.1) is 0 Å². The van der Waals surface area contributed by atoms with E-state index < -0.39 is 60.2 Å². The van der Waals surface area contributed by atoms with Crippen molar-refractivity contribution >= 4 is 52.3 Å². The monoisotopic (exact) mass is 586 g/mol. The number of aliphatic carboxylic acids is 1. The van der Waals surface area contributed by atoms with Gasteiger partial charge in [-0.1, -0.05) is 18.2 Å². The van der Waals surface area contributed by atoms with Gasteiger partial charge in [0.25, 0.3) is 0 Å². The first-order valence-corrected chi connectivity index (χ1v) is 14.2. The Labute approximate surface area is 239 Å². The number of para-hydroxylation sites is 1. The highest BCUT2D eigenvalue weighted by Gasteiger charge is 2.31. The summed E-state index contributed by atoms with van der Waals surface area (Å²) in [7, 11) is 0. The van der Waals surface area contributed by atoms with Crippen molar-refractivity contribution in [1.29, 1.82) is 0 Å². The minimum atomic E-state index is -1.29. The van der Waals surface area contributed by atoms with Crippen molar-refractivity contribution in [2.24, 2.45) is 11.5 Å². The number of hydrogen-bond acceptors (Lipinski definition) is 8. The van der Waals surface area contributed by atoms with Crippen LogP contribution in [-0.4, -0.2) is 85.8 Å². The third-order valence-electron chi connectivity index (χ3n) is 6.33. The Hall–Kier alpha value is -4.37. The topological polar surface area (TPSA) is 238 Å². The number of hydrogen-bond donors (Lipinski definition) is 8. The zero-order chi connectivity index (χ0) is 29.9. The van der Waals surface area contributed by atoms with E-state index in [4.69, 9.17) is 11.5 Å². The Morgan fingerprint density at radius 3 is 2.27 bits per heavy atom. The maximum absolute atomic E-state index is 13.6. The molecule has 14 nitrogen and oxygen atoms in total. The lowest BCUT2D eigenvalue weighted by molar-refractivity contribution is -0.142. The average Bonchev–Trinajstić information content (AvgIpc) is 3.59. The summed E-state index contributed by atoms with van der Waals surface area (Å²) in [5, 5.41) is 18.1. The molecule has 0 saturated carbocycles. The van der Waals surface area contributed by atoms with Gasteiger partial charge in [0.2, 0.25) is 23.6 Å². The Morgan fingerprint density at radius 2 is 1.63 bits per heavy atom. The average molecular weight is 587 g/mol. The fourth-order valence-electron chi connectivity index (χ4n) is 4.18. The molecule has 4 amide bonds. The first kappa shape index (κ1) is 31.2. The van der Waals surface area contributed by atoms with E-state index in [9.17, 15) is 29.1 Å². The highest BCUT2D eigenvalue weighted by molar-refractivity contribution is 7.98. The number of H-pyrrole nitrogens is 2. The molecule has 10 N–H and O–H groups in total. The van der Waals surface area contributed by atoms with Crippen LogP contribution in [-0.2, 0) is 36.8 Å². The minimum Gasteiger partial charge on any atom is -0.480 e. The zero-order valence-corrected chi connectivity index (χ0v) is 23.2. The molecule has 2 aromatic heterocycles. The Kier molecular flexibility index (Phi) is 11.3. The number of carboxylic acids is 1. The summed E-state index contributed by atoms with van der Waals surface area (Å²) >= 11 is 1.44. The van der Waals surface area contributed by atoms with Crippen molar-refractivity contribution in [3.05, 3.63) is 54.2 Å². The van der Waals surface area contributed by atoms with Gasteiger partial charge in [0.05, 0.1) is 18.8 Å². The van der Waals surface area contributed by atoms with Gasteiger partial charge in [-0.2, -0.15) is 11.8 Å². The second-order valence-electron chi connectivity index (χ2n) is 9.42. The van der Waals surface area contributed by atoms with Crippen LogP contribution in [0.3, 0.4) is 0 Å². The summed E-state index contributed by atoms with van der Waals surface area (Å²) in [6.45, 7) is 0. The Morgan fingerprint density at radius 1 is 0.976 bits per heavy atom. The quantitative estimate of drug-likeness (QED) is 0.104. The van der Waals surface area contributed by atoms with Crippen molar-refractivity contribution in [2.45, 2.75) is 49.9 Å². The minimum absolute atomic E-state index is 0.0226. The molecule has 0 radical (unpaired) electrons. The summed E-state index contributed by atoms with van der Waals surface area (Å²) in [4.78, 5) is 72.6. The molecule has 2 heterocycles. The van der Waals surface area contributed by atoms with Gasteiger partial charge in [-0.3, -0.25) is 19.2 Å². The lowest BCUT2D eigenvalue weighted by atomic mass is 10.0. The highest BCUT2D eigenvalue weighted by Crippen LogP contribution is 2.19. The van der Waals surface area contributed by atoms with Gasteiger partial charge in [-0.15, -0.1) is 0 Å². The zero-order valence-electron chi connectivity index (χ0n) is 22.4. The highest BCUT2D eigenvalue weighted by atomic mass is 32.2. The van der Waals surface area contributed by atoms with Gasteiger partial charge in [0, 0.05) is 41.8 Å². The van der Waals surface area contributed by atoms with Gasteiger partial charge in [0.1, 0.15) is 18.1 Å². The van der Waals surface area contributed by atoms with Gasteiger partial charge in [0.15, 0.2) is 0 Å². The van der Waals surface area contributed by atoms with Gasteiger partial charge in [-0.25, -0.2) is 9.78 Å². The second-order valence-corrected chi connectivity index (χ2v) is 10.4. The number of rotatable bonds is 16. The lowest BCUT2D eigenvalue weighted by Crippen LogP contribution is -2.58. The first-order chi connectivity index (χ1) is 19.6. The number of benzene rings is 1. The number of primary amides is 1. The SMILES string of the molecule is CSCCC(NC(=O)C(Cc1cnc[nH]1)NC(=O)C(Cc1c[nH]c2ccccc12)NC(=O)C(N)CC(N)=O)C(=O)O. The molecular weight excluding hydrogens is 552 g/mol. The molecule has 3 aromatic rings. The van der Waals surface area contributed by atoms with Gasteiger partial charge >= 0.3 is 5.97 Å². The maximum Gasteiger partial charge on any atom is 0.326 e. The molecule has 15 heteroatoms. The number of nitrogens with one attached hydrogen (secondary N) is 5. The third kappa shape index (κ3) is 9.08. The number of carbonyl (C=O) groups excluding carboxylic acids is 4. The predicted octanol–water partition coefficient (Wildman–Crippen LogP) is -0.829. The van der Waals surface area contributed by atoms with Crippen molar-refractivity contribution in [2.75, 3.05) is 12.0 Å². The van der Waals surface area contributed by atoms with E-state index in [0.29, 0.717) is 17.0 Å². The first-order valence-electron chi connectivity index (χ1n) is 12.8. The van der Waals surface area contributed by atoms with Crippen molar-refractivity contribution in [1.82, 2.24) is 30.9 Å². The molecule has 1 aromatic carbocycles. The number of aromatic nitrogens is 3. The molecule has 3 rings (SSSR count). The smallest absolute Gasteiger partial charge is 0.326 e. The molecule has 0 aliphatic heterocycles. The summed E-state index contributed by atoms with van der Waals surface area (Å²) in [5.41, 5.74) is 13.0. The standard InChI is InChI=1S/C26H34N8O6S/c1-41-7-6-19(26(39)40)32-25(38)21(9-15-12-29-13-31-15)34-24(37)20(33-23(36)17(27)10-22(28)35)8-14-11-30-18-5-3-2-4-16(14)18/h2-5,11-13,17,19-21,30H,6-10,27H2,1H3,(H2,28,35)(H,29,31)(H,32,38)(H,33,36)(H,34,37)(H,39,40). The normalized spacial score (nSPS) is 14.0. The molecule has 41 heavy (non-hydrogen) atoms.